The number of alkyl halides is 1. The van der Waals surface area contributed by atoms with Gasteiger partial charge in [0.1, 0.15) is 11.7 Å². The number of aliphatic hydroxyl groups is 1. The van der Waals surface area contributed by atoms with E-state index >= 15 is 0 Å². The number of nitrogens with one attached hydrogen (secondary N) is 1. The van der Waals surface area contributed by atoms with Crippen molar-refractivity contribution in [3.05, 3.63) is 53.5 Å². The van der Waals surface area contributed by atoms with E-state index in [0.717, 1.165) is 44.3 Å². The van der Waals surface area contributed by atoms with Crippen molar-refractivity contribution in [3.63, 3.8) is 0 Å². The summed E-state index contributed by atoms with van der Waals surface area (Å²) in [6, 6.07) is 5.40. The van der Waals surface area contributed by atoms with Crippen LogP contribution in [0.2, 0.25) is 0 Å². The maximum absolute atomic E-state index is 14.7. The topological polar surface area (TPSA) is 106 Å². The molecular weight excluding hydrogens is 501 g/mol. The predicted molar refractivity (Wildman–Crippen MR) is 145 cm³/mol. The van der Waals surface area contributed by atoms with Crippen LogP contribution in [0.25, 0.3) is 5.65 Å². The van der Waals surface area contributed by atoms with Gasteiger partial charge in [0.2, 0.25) is 0 Å². The monoisotopic (exact) mass is 535 g/mol. The molecule has 1 saturated heterocycles. The molecule has 1 saturated carbocycles. The maximum Gasteiger partial charge on any atom is 0.261 e. The number of halogens is 1. The third kappa shape index (κ3) is 5.20. The number of carbonyl (C=O) groups excluding carboxylic acids is 2. The van der Waals surface area contributed by atoms with Gasteiger partial charge in [-0.05, 0) is 56.4 Å². The summed E-state index contributed by atoms with van der Waals surface area (Å²) in [5.74, 6) is 0.206. The molecule has 2 aliphatic heterocycles. The van der Waals surface area contributed by atoms with Crippen molar-refractivity contribution < 1.29 is 19.1 Å². The average Bonchev–Trinajstić information content (AvgIpc) is 3.53. The van der Waals surface area contributed by atoms with Crippen molar-refractivity contribution in [1.82, 2.24) is 24.4 Å². The standard InChI is InChI=1S/C28H34FN7O3/c1-28(2,39)24(29)17-35-16-19-12-22(32-26(37)21-14-31-36-7-3-6-30-25(21)36)23(13-20(19)27(35)38)34-10-8-33(9-11-34)15-18-4-5-18/h3,6-7,12-14,18,24,39H,4-5,8-11,15-17H2,1-2H3,(H,32,37)/t24-/m1/s1. The van der Waals surface area contributed by atoms with Gasteiger partial charge in [-0.25, -0.2) is 13.9 Å². The highest BCUT2D eigenvalue weighted by atomic mass is 19.1. The Morgan fingerprint density at radius 3 is 2.72 bits per heavy atom. The van der Waals surface area contributed by atoms with Gasteiger partial charge in [-0.3, -0.25) is 14.5 Å². The largest absolute Gasteiger partial charge is 0.387 e. The van der Waals surface area contributed by atoms with Gasteiger partial charge in [-0.2, -0.15) is 5.10 Å². The normalized spacial score (nSPS) is 19.0. The number of hydrogen-bond acceptors (Lipinski definition) is 7. The lowest BCUT2D eigenvalue weighted by Crippen LogP contribution is -2.47. The number of benzene rings is 1. The van der Waals surface area contributed by atoms with Crippen molar-refractivity contribution in [1.29, 1.82) is 0 Å². The molecule has 2 aromatic heterocycles. The highest BCUT2D eigenvalue weighted by Gasteiger charge is 2.36. The fourth-order valence-corrected chi connectivity index (χ4v) is 5.35. The molecule has 10 nitrogen and oxygen atoms in total. The van der Waals surface area contributed by atoms with Crippen molar-refractivity contribution in [2.24, 2.45) is 5.92 Å². The molecule has 3 aromatic rings. The molecule has 11 heteroatoms. The number of hydrogen-bond donors (Lipinski definition) is 2. The molecule has 1 aliphatic carbocycles. The molecule has 2 amide bonds. The molecular formula is C28H34FN7O3. The molecule has 0 spiro atoms. The lowest BCUT2D eigenvalue weighted by molar-refractivity contribution is -0.0159. The third-order valence-corrected chi connectivity index (χ3v) is 7.95. The Morgan fingerprint density at radius 2 is 2.00 bits per heavy atom. The van der Waals surface area contributed by atoms with Crippen LogP contribution in [0.15, 0.2) is 36.8 Å². The van der Waals surface area contributed by atoms with E-state index in [4.69, 9.17) is 0 Å². The van der Waals surface area contributed by atoms with Crippen LogP contribution in [-0.4, -0.2) is 92.4 Å². The van der Waals surface area contributed by atoms with Gasteiger partial charge >= 0.3 is 0 Å². The van der Waals surface area contributed by atoms with E-state index in [0.29, 0.717) is 28.0 Å². The van der Waals surface area contributed by atoms with E-state index in [9.17, 15) is 19.1 Å². The van der Waals surface area contributed by atoms with Gasteiger partial charge in [-0.15, -0.1) is 0 Å². The first-order valence-electron chi connectivity index (χ1n) is 13.6. The number of amides is 2. The van der Waals surface area contributed by atoms with E-state index in [1.807, 2.05) is 12.1 Å². The van der Waals surface area contributed by atoms with Crippen LogP contribution in [-0.2, 0) is 6.54 Å². The molecule has 0 radical (unpaired) electrons. The summed E-state index contributed by atoms with van der Waals surface area (Å²) < 4.78 is 16.2. The smallest absolute Gasteiger partial charge is 0.261 e. The number of fused-ring (bicyclic) bond motifs is 2. The maximum atomic E-state index is 14.7. The Kier molecular flexibility index (Phi) is 6.50. The van der Waals surface area contributed by atoms with E-state index in [2.05, 4.69) is 25.2 Å². The SMILES string of the molecule is CC(C)(O)[C@H](F)CN1Cc2cc(NC(=O)c3cnn4cccnc34)c(N3CCN(CC4CC4)CC3)cc2C1=O. The molecule has 3 aliphatic rings. The predicted octanol–water partition coefficient (Wildman–Crippen LogP) is 2.58. The zero-order valence-corrected chi connectivity index (χ0v) is 22.3. The number of nitrogens with zero attached hydrogens (tertiary/aromatic N) is 6. The number of piperazine rings is 1. The van der Waals surface area contributed by atoms with Crippen molar-refractivity contribution in [2.45, 2.75) is 45.0 Å². The van der Waals surface area contributed by atoms with Gasteiger partial charge in [-0.1, -0.05) is 0 Å². The van der Waals surface area contributed by atoms with Crippen LogP contribution < -0.4 is 10.2 Å². The Morgan fingerprint density at radius 1 is 1.23 bits per heavy atom. The fraction of sp³-hybridized carbons (Fsp3) is 0.500. The van der Waals surface area contributed by atoms with Crippen molar-refractivity contribution >= 4 is 28.8 Å². The van der Waals surface area contributed by atoms with Crippen LogP contribution >= 0.6 is 0 Å². The summed E-state index contributed by atoms with van der Waals surface area (Å²) in [6.07, 6.45) is 5.87. The lowest BCUT2D eigenvalue weighted by Gasteiger charge is -2.37. The number of aromatic nitrogens is 3. The van der Waals surface area contributed by atoms with Gasteiger partial charge in [0.25, 0.3) is 11.8 Å². The number of rotatable bonds is 8. The van der Waals surface area contributed by atoms with Crippen LogP contribution in [0.3, 0.4) is 0 Å². The summed E-state index contributed by atoms with van der Waals surface area (Å²) in [5.41, 5.74) is 1.83. The minimum atomic E-state index is -1.59. The highest BCUT2D eigenvalue weighted by Crippen LogP contribution is 2.36. The second kappa shape index (κ2) is 9.87. The lowest BCUT2D eigenvalue weighted by atomic mass is 10.0. The Bertz CT molecular complexity index is 1410. The van der Waals surface area contributed by atoms with Gasteiger partial charge < -0.3 is 20.2 Å². The first-order valence-corrected chi connectivity index (χ1v) is 13.6. The molecule has 1 atom stereocenters. The average molecular weight is 536 g/mol. The van der Waals surface area contributed by atoms with E-state index in [-0.39, 0.29) is 24.9 Å². The van der Waals surface area contributed by atoms with Gasteiger partial charge in [0, 0.05) is 57.2 Å². The second-order valence-electron chi connectivity index (χ2n) is 11.5. The van der Waals surface area contributed by atoms with E-state index in [1.165, 1.54) is 37.8 Å². The zero-order chi connectivity index (χ0) is 27.3. The quantitative estimate of drug-likeness (QED) is 0.457. The third-order valence-electron chi connectivity index (χ3n) is 7.95. The summed E-state index contributed by atoms with van der Waals surface area (Å²) in [4.78, 5) is 37.1. The summed E-state index contributed by atoms with van der Waals surface area (Å²) in [6.45, 7) is 7.30. The minimum absolute atomic E-state index is 0.206. The second-order valence-corrected chi connectivity index (χ2v) is 11.5. The zero-order valence-electron chi connectivity index (χ0n) is 22.3. The van der Waals surface area contributed by atoms with Crippen LogP contribution in [0.5, 0.6) is 0 Å². The molecule has 2 N–H and O–H groups in total. The van der Waals surface area contributed by atoms with Crippen molar-refractivity contribution in [3.8, 4) is 0 Å². The summed E-state index contributed by atoms with van der Waals surface area (Å²) in [5, 5.41) is 17.3. The number of anilines is 2. The molecule has 2 fully saturated rings. The van der Waals surface area contributed by atoms with Crippen LogP contribution in [0.4, 0.5) is 15.8 Å². The molecule has 39 heavy (non-hydrogen) atoms. The van der Waals surface area contributed by atoms with Gasteiger partial charge in [0.05, 0.1) is 29.7 Å². The Balaban J connectivity index is 1.29. The minimum Gasteiger partial charge on any atom is -0.387 e. The first-order chi connectivity index (χ1) is 18.7. The molecule has 6 rings (SSSR count). The Hall–Kier alpha value is -3.57. The van der Waals surface area contributed by atoms with Crippen LogP contribution in [0.1, 0.15) is 53.0 Å². The fourth-order valence-electron chi connectivity index (χ4n) is 5.35. The van der Waals surface area contributed by atoms with Gasteiger partial charge in [0.15, 0.2) is 5.65 Å². The highest BCUT2D eigenvalue weighted by molar-refractivity contribution is 6.10. The molecule has 1 aromatic carbocycles. The molecule has 206 valence electrons. The summed E-state index contributed by atoms with van der Waals surface area (Å²) in [7, 11) is 0. The van der Waals surface area contributed by atoms with Crippen molar-refractivity contribution in [2.75, 3.05) is 49.5 Å². The Labute approximate surface area is 226 Å². The molecule has 0 bridgehead atoms. The van der Waals surface area contributed by atoms with E-state index in [1.54, 1.807) is 23.0 Å². The summed E-state index contributed by atoms with van der Waals surface area (Å²) >= 11 is 0. The molecule has 4 heterocycles. The van der Waals surface area contributed by atoms with Crippen LogP contribution in [0, 0.1) is 5.92 Å². The molecule has 0 unspecified atom stereocenters. The van der Waals surface area contributed by atoms with E-state index < -0.39 is 11.8 Å². The first kappa shape index (κ1) is 25.7. The number of carbonyl (C=O) groups is 2.